The highest BCUT2D eigenvalue weighted by Crippen LogP contribution is 2.28. The Balaban J connectivity index is 1.77. The lowest BCUT2D eigenvalue weighted by atomic mass is 10.1. The van der Waals surface area contributed by atoms with Crippen molar-refractivity contribution in [2.24, 2.45) is 0 Å². The molecule has 0 aliphatic rings. The van der Waals surface area contributed by atoms with Crippen molar-refractivity contribution >= 4 is 16.7 Å². The third kappa shape index (κ3) is 5.80. The fourth-order valence-electron chi connectivity index (χ4n) is 2.24. The molecule has 0 aliphatic heterocycles. The maximum atomic E-state index is 11.2. The van der Waals surface area contributed by atoms with Gasteiger partial charge in [-0.3, -0.25) is 0 Å². The number of carbonyl (C=O) groups excluding carboxylic acids is 1. The Morgan fingerprint density at radius 3 is 2.60 bits per heavy atom. The molecule has 0 heterocycles. The first kappa shape index (κ1) is 18.8. The number of hydrogen-bond acceptors (Lipinski definition) is 5. The van der Waals surface area contributed by atoms with Gasteiger partial charge in [0.05, 0.1) is 19.8 Å². The Hall–Kier alpha value is -2.53. The molecule has 0 bridgehead atoms. The van der Waals surface area contributed by atoms with Crippen LogP contribution in [0.15, 0.2) is 48.6 Å². The van der Waals surface area contributed by atoms with E-state index >= 15 is 0 Å². The second kappa shape index (κ2) is 9.69. The summed E-state index contributed by atoms with van der Waals surface area (Å²) in [6.07, 6.45) is 0. The largest absolute Gasteiger partial charge is 0.494 e. The van der Waals surface area contributed by atoms with Crippen LogP contribution in [0.4, 0.5) is 0 Å². The zero-order valence-corrected chi connectivity index (χ0v) is 14.7. The fraction of sp³-hybridized carbons (Fsp3) is 0.350. The van der Waals surface area contributed by atoms with Crippen molar-refractivity contribution in [3.8, 4) is 11.5 Å². The van der Waals surface area contributed by atoms with Crippen LogP contribution >= 0.6 is 0 Å². The number of benzene rings is 2. The van der Waals surface area contributed by atoms with E-state index in [0.29, 0.717) is 32.0 Å². The summed E-state index contributed by atoms with van der Waals surface area (Å²) in [7, 11) is 0. The standard InChI is InChI=1S/C20H24O5/c1-4-23-17-8-9-18-16(14-17)6-5-7-19(18)24-12-10-22-11-13-25-20(21)15(2)3/h5-9,14H,2,4,10-13H2,1,3H3. The van der Waals surface area contributed by atoms with Crippen molar-refractivity contribution in [3.05, 3.63) is 48.6 Å². The van der Waals surface area contributed by atoms with Crippen LogP contribution < -0.4 is 9.47 Å². The summed E-state index contributed by atoms with van der Waals surface area (Å²) in [6.45, 7) is 9.09. The van der Waals surface area contributed by atoms with Gasteiger partial charge in [-0.05, 0) is 43.5 Å². The lowest BCUT2D eigenvalue weighted by Crippen LogP contribution is -2.13. The quantitative estimate of drug-likeness (QED) is 0.373. The minimum Gasteiger partial charge on any atom is -0.494 e. The molecule has 0 unspecified atom stereocenters. The van der Waals surface area contributed by atoms with Crippen molar-refractivity contribution in [2.75, 3.05) is 33.0 Å². The number of fused-ring (bicyclic) bond motifs is 1. The molecular formula is C20H24O5. The summed E-state index contributed by atoms with van der Waals surface area (Å²) in [5.41, 5.74) is 0.381. The highest BCUT2D eigenvalue weighted by Gasteiger charge is 2.04. The van der Waals surface area contributed by atoms with Crippen molar-refractivity contribution in [3.63, 3.8) is 0 Å². The van der Waals surface area contributed by atoms with Crippen molar-refractivity contribution in [1.29, 1.82) is 0 Å². The molecule has 2 rings (SSSR count). The van der Waals surface area contributed by atoms with Crippen molar-refractivity contribution in [2.45, 2.75) is 13.8 Å². The molecule has 5 nitrogen and oxygen atoms in total. The predicted molar refractivity (Wildman–Crippen MR) is 97.2 cm³/mol. The second-order valence-electron chi connectivity index (χ2n) is 5.45. The van der Waals surface area contributed by atoms with Crippen LogP contribution in [0.3, 0.4) is 0 Å². The SMILES string of the molecule is C=C(C)C(=O)OCCOCCOc1cccc2cc(OCC)ccc12. The van der Waals surface area contributed by atoms with Gasteiger partial charge < -0.3 is 18.9 Å². The van der Waals surface area contributed by atoms with Crippen molar-refractivity contribution in [1.82, 2.24) is 0 Å². The zero-order valence-electron chi connectivity index (χ0n) is 14.7. The minimum atomic E-state index is -0.401. The Morgan fingerprint density at radius 1 is 1.04 bits per heavy atom. The molecule has 0 saturated heterocycles. The van der Waals surface area contributed by atoms with Gasteiger partial charge in [0.1, 0.15) is 24.7 Å². The Morgan fingerprint density at radius 2 is 1.84 bits per heavy atom. The first-order chi connectivity index (χ1) is 12.1. The van der Waals surface area contributed by atoms with E-state index in [-0.39, 0.29) is 6.61 Å². The first-order valence-corrected chi connectivity index (χ1v) is 8.30. The summed E-state index contributed by atoms with van der Waals surface area (Å²) < 4.78 is 21.7. The third-order valence-electron chi connectivity index (χ3n) is 3.42. The lowest BCUT2D eigenvalue weighted by molar-refractivity contribution is -0.140. The molecule has 0 aromatic heterocycles. The molecule has 0 atom stereocenters. The molecule has 5 heteroatoms. The molecule has 0 aliphatic carbocycles. The highest BCUT2D eigenvalue weighted by atomic mass is 16.6. The summed E-state index contributed by atoms with van der Waals surface area (Å²) >= 11 is 0. The molecule has 0 saturated carbocycles. The molecule has 0 radical (unpaired) electrons. The maximum absolute atomic E-state index is 11.2. The molecule has 0 spiro atoms. The monoisotopic (exact) mass is 344 g/mol. The van der Waals surface area contributed by atoms with Crippen LogP contribution in [-0.4, -0.2) is 39.0 Å². The van der Waals surface area contributed by atoms with E-state index < -0.39 is 5.97 Å². The average Bonchev–Trinajstić information content (AvgIpc) is 2.60. The van der Waals surface area contributed by atoms with Gasteiger partial charge in [-0.1, -0.05) is 18.7 Å². The molecule has 2 aromatic carbocycles. The van der Waals surface area contributed by atoms with Gasteiger partial charge in [-0.25, -0.2) is 4.79 Å². The highest BCUT2D eigenvalue weighted by molar-refractivity contribution is 5.89. The van der Waals surface area contributed by atoms with E-state index in [2.05, 4.69) is 6.58 Å². The van der Waals surface area contributed by atoms with Gasteiger partial charge in [0.25, 0.3) is 0 Å². The van der Waals surface area contributed by atoms with E-state index in [4.69, 9.17) is 18.9 Å². The Kier molecular flexibility index (Phi) is 7.29. The normalized spacial score (nSPS) is 10.5. The number of hydrogen-bond donors (Lipinski definition) is 0. The third-order valence-corrected chi connectivity index (χ3v) is 3.42. The molecule has 25 heavy (non-hydrogen) atoms. The van der Waals surface area contributed by atoms with Crippen LogP contribution in [0.5, 0.6) is 11.5 Å². The van der Waals surface area contributed by atoms with Crippen LogP contribution in [0.1, 0.15) is 13.8 Å². The average molecular weight is 344 g/mol. The smallest absolute Gasteiger partial charge is 0.333 e. The van der Waals surface area contributed by atoms with Crippen LogP contribution in [-0.2, 0) is 14.3 Å². The van der Waals surface area contributed by atoms with Crippen LogP contribution in [0, 0.1) is 0 Å². The number of ether oxygens (including phenoxy) is 4. The van der Waals surface area contributed by atoms with Gasteiger partial charge in [0.15, 0.2) is 0 Å². The number of esters is 1. The topological polar surface area (TPSA) is 54.0 Å². The van der Waals surface area contributed by atoms with Crippen LogP contribution in [0.2, 0.25) is 0 Å². The maximum Gasteiger partial charge on any atom is 0.333 e. The van der Waals surface area contributed by atoms with Gasteiger partial charge >= 0.3 is 5.97 Å². The van der Waals surface area contributed by atoms with Gasteiger partial charge in [0, 0.05) is 11.0 Å². The molecule has 0 N–H and O–H groups in total. The van der Waals surface area contributed by atoms with Gasteiger partial charge in [0.2, 0.25) is 0 Å². The second-order valence-corrected chi connectivity index (χ2v) is 5.45. The summed E-state index contributed by atoms with van der Waals surface area (Å²) in [5, 5.41) is 2.09. The summed E-state index contributed by atoms with van der Waals surface area (Å²) in [4.78, 5) is 11.2. The molecule has 0 amide bonds. The summed E-state index contributed by atoms with van der Waals surface area (Å²) in [6, 6.07) is 11.8. The lowest BCUT2D eigenvalue weighted by Gasteiger charge is -2.11. The van der Waals surface area contributed by atoms with E-state index in [1.165, 1.54) is 0 Å². The number of carbonyl (C=O) groups is 1. The first-order valence-electron chi connectivity index (χ1n) is 8.30. The predicted octanol–water partition coefficient (Wildman–Crippen LogP) is 3.75. The van der Waals surface area contributed by atoms with Crippen molar-refractivity contribution < 1.29 is 23.7 Å². The van der Waals surface area contributed by atoms with E-state index in [1.807, 2.05) is 43.3 Å². The molecule has 134 valence electrons. The molecule has 0 fully saturated rings. The molecule has 2 aromatic rings. The van der Waals surface area contributed by atoms with E-state index in [9.17, 15) is 4.79 Å². The zero-order chi connectivity index (χ0) is 18.1. The fourth-order valence-corrected chi connectivity index (χ4v) is 2.24. The van der Waals surface area contributed by atoms with Crippen LogP contribution in [0.25, 0.3) is 10.8 Å². The minimum absolute atomic E-state index is 0.208. The Bertz CT molecular complexity index is 723. The van der Waals surface area contributed by atoms with E-state index in [1.54, 1.807) is 6.92 Å². The van der Waals surface area contributed by atoms with E-state index in [0.717, 1.165) is 22.3 Å². The summed E-state index contributed by atoms with van der Waals surface area (Å²) in [5.74, 6) is 1.25. The molecular weight excluding hydrogens is 320 g/mol. The Labute approximate surface area is 148 Å². The number of rotatable bonds is 10. The van der Waals surface area contributed by atoms with Gasteiger partial charge in [-0.15, -0.1) is 0 Å². The van der Waals surface area contributed by atoms with Gasteiger partial charge in [-0.2, -0.15) is 0 Å².